The normalized spacial score (nSPS) is 15.7. The number of pyridine rings is 1. The number of nitrogens with zero attached hydrogens (tertiary/aromatic N) is 1. The molecule has 18 heavy (non-hydrogen) atoms. The first-order valence-electron chi connectivity index (χ1n) is 6.79. The van der Waals surface area contributed by atoms with E-state index in [-0.39, 0.29) is 11.7 Å². The van der Waals surface area contributed by atoms with E-state index in [0.717, 1.165) is 25.7 Å². The largest absolute Gasteiger partial charge is 0.377 e. The second-order valence-electron chi connectivity index (χ2n) is 4.75. The summed E-state index contributed by atoms with van der Waals surface area (Å²) in [7, 11) is 0. The zero-order valence-electron chi connectivity index (χ0n) is 11.0. The lowest BCUT2D eigenvalue weighted by molar-refractivity contribution is 0.0595. The van der Waals surface area contributed by atoms with Gasteiger partial charge in [0.05, 0.1) is 6.10 Å². The Hall–Kier alpha value is -1.13. The number of aromatic nitrogens is 1. The third kappa shape index (κ3) is 2.82. The third-order valence-electron chi connectivity index (χ3n) is 3.59. The molecular weight excluding hydrogens is 228 g/mol. The van der Waals surface area contributed by atoms with Gasteiger partial charge in [0.25, 0.3) is 5.56 Å². The molecule has 4 nitrogen and oxygen atoms in total. The topological polar surface area (TPSA) is 57.2 Å². The van der Waals surface area contributed by atoms with Crippen molar-refractivity contribution < 1.29 is 4.74 Å². The van der Waals surface area contributed by atoms with Crippen LogP contribution in [0.25, 0.3) is 0 Å². The smallest absolute Gasteiger partial charge is 0.250 e. The number of aryl methyl sites for hydroxylation is 1. The molecule has 4 heteroatoms. The predicted molar refractivity (Wildman–Crippen MR) is 71.8 cm³/mol. The highest BCUT2D eigenvalue weighted by atomic mass is 16.5. The average Bonchev–Trinajstić information content (AvgIpc) is 2.84. The Bertz CT molecular complexity index is 454. The van der Waals surface area contributed by atoms with Gasteiger partial charge in [-0.25, -0.2) is 0 Å². The highest BCUT2D eigenvalue weighted by molar-refractivity contribution is 5.25. The fourth-order valence-electron chi connectivity index (χ4n) is 2.66. The fourth-order valence-corrected chi connectivity index (χ4v) is 2.66. The molecule has 0 spiro atoms. The number of ether oxygens (including phenoxy) is 1. The summed E-state index contributed by atoms with van der Waals surface area (Å²) < 4.78 is 7.44. The minimum atomic E-state index is 0.0548. The van der Waals surface area contributed by atoms with E-state index < -0.39 is 0 Å². The van der Waals surface area contributed by atoms with Gasteiger partial charge in [-0.1, -0.05) is 6.07 Å². The number of fused-ring (bicyclic) bond motifs is 1. The van der Waals surface area contributed by atoms with Gasteiger partial charge in [0, 0.05) is 31.5 Å². The molecule has 0 fully saturated rings. The highest BCUT2D eigenvalue weighted by Crippen LogP contribution is 2.20. The van der Waals surface area contributed by atoms with Gasteiger partial charge in [-0.3, -0.25) is 4.79 Å². The van der Waals surface area contributed by atoms with Crippen LogP contribution >= 0.6 is 0 Å². The molecule has 1 unspecified atom stereocenters. The van der Waals surface area contributed by atoms with E-state index in [1.807, 2.05) is 17.6 Å². The molecule has 2 rings (SSSR count). The zero-order chi connectivity index (χ0) is 13.0. The van der Waals surface area contributed by atoms with Crippen molar-refractivity contribution in [3.8, 4) is 0 Å². The number of rotatable bonds is 6. The minimum Gasteiger partial charge on any atom is -0.377 e. The van der Waals surface area contributed by atoms with E-state index in [4.69, 9.17) is 10.5 Å². The van der Waals surface area contributed by atoms with E-state index in [1.54, 1.807) is 6.07 Å². The molecule has 1 aromatic heterocycles. The van der Waals surface area contributed by atoms with Crippen molar-refractivity contribution in [2.45, 2.75) is 45.3 Å². The Balaban J connectivity index is 2.10. The molecule has 0 radical (unpaired) electrons. The lowest BCUT2D eigenvalue weighted by atomic mass is 10.2. The fraction of sp³-hybridized carbons (Fsp3) is 0.643. The van der Waals surface area contributed by atoms with E-state index in [1.165, 1.54) is 11.3 Å². The number of nitrogens with two attached hydrogens (primary N) is 1. The molecule has 1 aliphatic carbocycles. The molecule has 100 valence electrons. The van der Waals surface area contributed by atoms with Crippen LogP contribution in [0.1, 0.15) is 31.0 Å². The number of hydrogen-bond acceptors (Lipinski definition) is 3. The standard InChI is InChI=1S/C14H22N2O2/c1-2-18-12(10-15)8-9-16-13-5-3-4-11(13)6-7-14(16)17/h6-7,12H,2-5,8-10,15H2,1H3. The van der Waals surface area contributed by atoms with Crippen LogP contribution in [0, 0.1) is 0 Å². The summed E-state index contributed by atoms with van der Waals surface area (Å²) in [6.45, 7) is 3.86. The van der Waals surface area contributed by atoms with E-state index in [2.05, 4.69) is 0 Å². The number of hydrogen-bond donors (Lipinski definition) is 1. The van der Waals surface area contributed by atoms with Gasteiger partial charge in [-0.05, 0) is 38.2 Å². The Morgan fingerprint density at radius 2 is 2.28 bits per heavy atom. The molecule has 1 heterocycles. The van der Waals surface area contributed by atoms with Gasteiger partial charge in [-0.15, -0.1) is 0 Å². The van der Waals surface area contributed by atoms with Crippen LogP contribution in [0.4, 0.5) is 0 Å². The van der Waals surface area contributed by atoms with Crippen LogP contribution in [-0.4, -0.2) is 23.8 Å². The first-order valence-corrected chi connectivity index (χ1v) is 6.79. The molecule has 1 aliphatic rings. The second kappa shape index (κ2) is 6.16. The molecular formula is C14H22N2O2. The Labute approximate surface area is 108 Å². The van der Waals surface area contributed by atoms with Gasteiger partial charge in [-0.2, -0.15) is 0 Å². The summed E-state index contributed by atoms with van der Waals surface area (Å²) in [6, 6.07) is 3.66. The van der Waals surface area contributed by atoms with Crippen molar-refractivity contribution in [3.63, 3.8) is 0 Å². The lowest BCUT2D eigenvalue weighted by Gasteiger charge is -2.17. The quantitative estimate of drug-likeness (QED) is 0.822. The van der Waals surface area contributed by atoms with Gasteiger partial charge in [0.2, 0.25) is 0 Å². The van der Waals surface area contributed by atoms with Crippen LogP contribution < -0.4 is 11.3 Å². The van der Waals surface area contributed by atoms with Gasteiger partial charge < -0.3 is 15.0 Å². The molecule has 0 bridgehead atoms. The molecule has 0 aromatic carbocycles. The van der Waals surface area contributed by atoms with Crippen LogP contribution in [-0.2, 0) is 24.1 Å². The van der Waals surface area contributed by atoms with Crippen LogP contribution in [0.15, 0.2) is 16.9 Å². The Kier molecular flexibility index (Phi) is 4.55. The molecule has 2 N–H and O–H groups in total. The summed E-state index contributed by atoms with van der Waals surface area (Å²) in [4.78, 5) is 11.9. The SMILES string of the molecule is CCOC(CN)CCn1c2c(ccc1=O)CCC2. The van der Waals surface area contributed by atoms with Crippen molar-refractivity contribution in [2.75, 3.05) is 13.2 Å². The molecule has 1 aromatic rings. The summed E-state index contributed by atoms with van der Waals surface area (Å²) in [5.41, 5.74) is 8.31. The van der Waals surface area contributed by atoms with Crippen LogP contribution in [0.3, 0.4) is 0 Å². The summed E-state index contributed by atoms with van der Waals surface area (Å²) in [5, 5.41) is 0. The lowest BCUT2D eigenvalue weighted by Crippen LogP contribution is -2.29. The van der Waals surface area contributed by atoms with Gasteiger partial charge in [0.15, 0.2) is 0 Å². The summed E-state index contributed by atoms with van der Waals surface area (Å²) in [6.07, 6.45) is 4.14. The van der Waals surface area contributed by atoms with E-state index in [9.17, 15) is 4.79 Å². The molecule has 1 atom stereocenters. The molecule has 0 amide bonds. The monoisotopic (exact) mass is 250 g/mol. The highest BCUT2D eigenvalue weighted by Gasteiger charge is 2.16. The van der Waals surface area contributed by atoms with Crippen molar-refractivity contribution in [1.82, 2.24) is 4.57 Å². The summed E-state index contributed by atoms with van der Waals surface area (Å²) >= 11 is 0. The Morgan fingerprint density at radius 3 is 3.00 bits per heavy atom. The van der Waals surface area contributed by atoms with Crippen LogP contribution in [0.2, 0.25) is 0 Å². The van der Waals surface area contributed by atoms with Gasteiger partial charge >= 0.3 is 0 Å². The first kappa shape index (κ1) is 13.3. The first-order chi connectivity index (χ1) is 8.76. The van der Waals surface area contributed by atoms with E-state index >= 15 is 0 Å². The molecule has 0 saturated carbocycles. The van der Waals surface area contributed by atoms with Crippen LogP contribution in [0.5, 0.6) is 0 Å². The van der Waals surface area contributed by atoms with Crippen molar-refractivity contribution in [1.29, 1.82) is 0 Å². The summed E-state index contributed by atoms with van der Waals surface area (Å²) in [5.74, 6) is 0. The van der Waals surface area contributed by atoms with Crippen molar-refractivity contribution >= 4 is 0 Å². The molecule has 0 saturated heterocycles. The Morgan fingerprint density at radius 1 is 1.44 bits per heavy atom. The average molecular weight is 250 g/mol. The molecule has 0 aliphatic heterocycles. The maximum absolute atomic E-state index is 11.9. The maximum atomic E-state index is 11.9. The maximum Gasteiger partial charge on any atom is 0.250 e. The van der Waals surface area contributed by atoms with Crippen molar-refractivity contribution in [3.05, 3.63) is 33.7 Å². The van der Waals surface area contributed by atoms with Crippen molar-refractivity contribution in [2.24, 2.45) is 5.73 Å². The van der Waals surface area contributed by atoms with Gasteiger partial charge in [0.1, 0.15) is 0 Å². The zero-order valence-corrected chi connectivity index (χ0v) is 11.0. The third-order valence-corrected chi connectivity index (χ3v) is 3.59. The minimum absolute atomic E-state index is 0.0548. The predicted octanol–water partition coefficient (Wildman–Crippen LogP) is 1.09. The van der Waals surface area contributed by atoms with E-state index in [0.29, 0.717) is 19.7 Å². The second-order valence-corrected chi connectivity index (χ2v) is 4.75.